The van der Waals surface area contributed by atoms with E-state index >= 15 is 0 Å². The van der Waals surface area contributed by atoms with Gasteiger partial charge in [-0.05, 0) is 6.07 Å². The molecule has 0 aliphatic carbocycles. The Bertz CT molecular complexity index is 396. The SMILES string of the molecule is COC(=O)C(O)C(O)c1cnc(N)c(N)c1. The van der Waals surface area contributed by atoms with Crippen molar-refractivity contribution < 1.29 is 19.7 Å². The Labute approximate surface area is 91.7 Å². The Morgan fingerprint density at radius 1 is 1.50 bits per heavy atom. The first-order valence-electron chi connectivity index (χ1n) is 4.42. The van der Waals surface area contributed by atoms with Crippen LogP contribution in [0.2, 0.25) is 0 Å². The lowest BCUT2D eigenvalue weighted by molar-refractivity contribution is -0.156. The Morgan fingerprint density at radius 3 is 2.62 bits per heavy atom. The molecule has 16 heavy (non-hydrogen) atoms. The first kappa shape index (κ1) is 12.2. The van der Waals surface area contributed by atoms with Crippen molar-refractivity contribution in [1.29, 1.82) is 0 Å². The number of pyridine rings is 1. The number of methoxy groups -OCH3 is 1. The number of anilines is 2. The number of aromatic nitrogens is 1. The number of esters is 1. The summed E-state index contributed by atoms with van der Waals surface area (Å²) in [7, 11) is 1.11. The van der Waals surface area contributed by atoms with E-state index in [0.29, 0.717) is 0 Å². The lowest BCUT2D eigenvalue weighted by atomic mass is 10.1. The molecule has 0 fully saturated rings. The largest absolute Gasteiger partial charge is 0.467 e. The Morgan fingerprint density at radius 2 is 2.12 bits per heavy atom. The van der Waals surface area contributed by atoms with Gasteiger partial charge in [0.25, 0.3) is 0 Å². The first-order chi connectivity index (χ1) is 7.47. The number of ether oxygens (including phenoxy) is 1. The Balaban J connectivity index is 2.91. The summed E-state index contributed by atoms with van der Waals surface area (Å²) in [5, 5.41) is 19.0. The van der Waals surface area contributed by atoms with Gasteiger partial charge in [-0.25, -0.2) is 9.78 Å². The van der Waals surface area contributed by atoms with Gasteiger partial charge in [-0.15, -0.1) is 0 Å². The minimum atomic E-state index is -1.69. The summed E-state index contributed by atoms with van der Waals surface area (Å²) < 4.78 is 4.28. The van der Waals surface area contributed by atoms with Gasteiger partial charge in [0.05, 0.1) is 12.8 Å². The van der Waals surface area contributed by atoms with E-state index in [1.54, 1.807) is 0 Å². The third-order valence-electron chi connectivity index (χ3n) is 2.05. The van der Waals surface area contributed by atoms with E-state index in [1.165, 1.54) is 12.3 Å². The van der Waals surface area contributed by atoms with E-state index in [-0.39, 0.29) is 17.1 Å². The van der Waals surface area contributed by atoms with Crippen LogP contribution in [0.3, 0.4) is 0 Å². The van der Waals surface area contributed by atoms with Crippen molar-refractivity contribution >= 4 is 17.5 Å². The third kappa shape index (κ3) is 2.38. The summed E-state index contributed by atoms with van der Waals surface area (Å²) in [4.78, 5) is 14.7. The van der Waals surface area contributed by atoms with Gasteiger partial charge in [0.15, 0.2) is 6.10 Å². The minimum absolute atomic E-state index is 0.114. The molecule has 1 aromatic heterocycles. The van der Waals surface area contributed by atoms with Crippen LogP contribution in [0.15, 0.2) is 12.3 Å². The predicted octanol–water partition coefficient (Wildman–Crippen LogP) is -1.19. The molecule has 0 saturated carbocycles. The molecule has 1 aromatic rings. The summed E-state index contributed by atoms with van der Waals surface area (Å²) in [6, 6.07) is 1.33. The molecule has 0 spiro atoms. The van der Waals surface area contributed by atoms with E-state index in [1.807, 2.05) is 0 Å². The minimum Gasteiger partial charge on any atom is -0.467 e. The van der Waals surface area contributed by atoms with Gasteiger partial charge in [0.2, 0.25) is 0 Å². The van der Waals surface area contributed by atoms with Gasteiger partial charge >= 0.3 is 5.97 Å². The Kier molecular flexibility index (Phi) is 3.64. The average Bonchev–Trinajstić information content (AvgIpc) is 2.29. The van der Waals surface area contributed by atoms with Gasteiger partial charge < -0.3 is 26.4 Å². The number of carbonyl (C=O) groups is 1. The highest BCUT2D eigenvalue weighted by Gasteiger charge is 2.26. The van der Waals surface area contributed by atoms with Crippen molar-refractivity contribution in [2.75, 3.05) is 18.6 Å². The van der Waals surface area contributed by atoms with Crippen LogP contribution < -0.4 is 11.5 Å². The fraction of sp³-hybridized carbons (Fsp3) is 0.333. The molecule has 0 saturated heterocycles. The van der Waals surface area contributed by atoms with Crippen LogP contribution >= 0.6 is 0 Å². The van der Waals surface area contributed by atoms with Crippen LogP contribution in [-0.4, -0.2) is 34.4 Å². The smallest absolute Gasteiger partial charge is 0.337 e. The molecule has 0 amide bonds. The second-order valence-corrected chi connectivity index (χ2v) is 3.16. The average molecular weight is 227 g/mol. The molecule has 7 heteroatoms. The highest BCUT2D eigenvalue weighted by atomic mass is 16.5. The second kappa shape index (κ2) is 4.77. The number of nitrogens with zero attached hydrogens (tertiary/aromatic N) is 1. The van der Waals surface area contributed by atoms with Crippen LogP contribution in [-0.2, 0) is 9.53 Å². The molecule has 1 heterocycles. The van der Waals surface area contributed by atoms with Crippen LogP contribution in [0.25, 0.3) is 0 Å². The maximum Gasteiger partial charge on any atom is 0.337 e. The van der Waals surface area contributed by atoms with Gasteiger partial charge in [-0.3, -0.25) is 0 Å². The zero-order valence-corrected chi connectivity index (χ0v) is 8.62. The van der Waals surface area contributed by atoms with Crippen molar-refractivity contribution in [1.82, 2.24) is 4.98 Å². The predicted molar refractivity (Wildman–Crippen MR) is 56.0 cm³/mol. The zero-order valence-electron chi connectivity index (χ0n) is 8.62. The number of carbonyl (C=O) groups excluding carboxylic acids is 1. The van der Waals surface area contributed by atoms with E-state index in [2.05, 4.69) is 9.72 Å². The molecule has 7 nitrogen and oxygen atoms in total. The molecule has 0 aliphatic rings. The monoisotopic (exact) mass is 227 g/mol. The molecule has 88 valence electrons. The lowest BCUT2D eigenvalue weighted by Crippen LogP contribution is -2.29. The molecule has 0 aromatic carbocycles. The maximum atomic E-state index is 11.0. The number of nitrogen functional groups attached to an aromatic ring is 2. The van der Waals surface area contributed by atoms with Crippen molar-refractivity contribution in [2.45, 2.75) is 12.2 Å². The Hall–Kier alpha value is -1.86. The second-order valence-electron chi connectivity index (χ2n) is 3.16. The normalized spacial score (nSPS) is 14.2. The number of nitrogens with two attached hydrogens (primary N) is 2. The number of hydrogen-bond acceptors (Lipinski definition) is 7. The van der Waals surface area contributed by atoms with Crippen molar-refractivity contribution in [2.24, 2.45) is 0 Å². The van der Waals surface area contributed by atoms with Gasteiger partial charge in [-0.2, -0.15) is 0 Å². The van der Waals surface area contributed by atoms with E-state index in [0.717, 1.165) is 7.11 Å². The molecular formula is C9H13N3O4. The molecular weight excluding hydrogens is 214 g/mol. The number of rotatable bonds is 3. The maximum absolute atomic E-state index is 11.0. The molecule has 6 N–H and O–H groups in total. The van der Waals surface area contributed by atoms with Crippen LogP contribution in [0.1, 0.15) is 11.7 Å². The summed E-state index contributed by atoms with van der Waals surface area (Å²) in [6.45, 7) is 0. The highest BCUT2D eigenvalue weighted by molar-refractivity contribution is 5.75. The third-order valence-corrected chi connectivity index (χ3v) is 2.05. The topological polar surface area (TPSA) is 132 Å². The molecule has 1 rings (SSSR count). The van der Waals surface area contributed by atoms with E-state index in [9.17, 15) is 15.0 Å². The molecule has 0 radical (unpaired) electrons. The fourth-order valence-corrected chi connectivity index (χ4v) is 1.10. The van der Waals surface area contributed by atoms with Crippen molar-refractivity contribution in [3.63, 3.8) is 0 Å². The standard InChI is InChI=1S/C9H13N3O4/c1-16-9(15)7(14)6(13)4-2-5(10)8(11)12-3-4/h2-3,6-7,13-14H,10H2,1H3,(H2,11,12). The number of hydrogen-bond donors (Lipinski definition) is 4. The molecule has 0 aliphatic heterocycles. The summed E-state index contributed by atoms with van der Waals surface area (Å²) in [5.41, 5.74) is 11.2. The van der Waals surface area contributed by atoms with Crippen molar-refractivity contribution in [3.05, 3.63) is 17.8 Å². The molecule has 2 atom stereocenters. The highest BCUT2D eigenvalue weighted by Crippen LogP contribution is 2.21. The van der Waals surface area contributed by atoms with Crippen LogP contribution in [0.5, 0.6) is 0 Å². The fourth-order valence-electron chi connectivity index (χ4n) is 1.10. The van der Waals surface area contributed by atoms with Crippen LogP contribution in [0.4, 0.5) is 11.5 Å². The first-order valence-corrected chi connectivity index (χ1v) is 4.42. The summed E-state index contributed by atoms with van der Waals surface area (Å²) in [5.74, 6) is -0.827. The van der Waals surface area contributed by atoms with Gasteiger partial charge in [0.1, 0.15) is 11.9 Å². The number of aliphatic hydroxyl groups is 2. The van der Waals surface area contributed by atoms with E-state index in [4.69, 9.17) is 11.5 Å². The summed E-state index contributed by atoms with van der Waals surface area (Å²) in [6.07, 6.45) is -1.92. The summed E-state index contributed by atoms with van der Waals surface area (Å²) >= 11 is 0. The van der Waals surface area contributed by atoms with Gasteiger partial charge in [-0.1, -0.05) is 0 Å². The zero-order chi connectivity index (χ0) is 12.3. The quantitative estimate of drug-likeness (QED) is 0.477. The van der Waals surface area contributed by atoms with E-state index < -0.39 is 18.2 Å². The van der Waals surface area contributed by atoms with Gasteiger partial charge in [0, 0.05) is 11.8 Å². The molecule has 2 unspecified atom stereocenters. The lowest BCUT2D eigenvalue weighted by Gasteiger charge is -2.16. The van der Waals surface area contributed by atoms with Crippen LogP contribution in [0, 0.1) is 0 Å². The van der Waals surface area contributed by atoms with Crippen molar-refractivity contribution in [3.8, 4) is 0 Å². The molecule has 0 bridgehead atoms. The number of aliphatic hydroxyl groups excluding tert-OH is 2.